The highest BCUT2D eigenvalue weighted by Gasteiger charge is 1.95. The SMILES string of the molecule is CC(C)CCCNc1nncs1. The quantitative estimate of drug-likeness (QED) is 0.716. The summed E-state index contributed by atoms with van der Waals surface area (Å²) in [6.07, 6.45) is 2.48. The summed E-state index contributed by atoms with van der Waals surface area (Å²) in [5, 5.41) is 11.8. The largest absolute Gasteiger partial charge is 0.360 e. The molecule has 0 fully saturated rings. The molecular formula is C8H15N3S. The Morgan fingerprint density at radius 3 is 3.00 bits per heavy atom. The van der Waals surface area contributed by atoms with E-state index < -0.39 is 0 Å². The van der Waals surface area contributed by atoms with Gasteiger partial charge in [0, 0.05) is 6.54 Å². The van der Waals surface area contributed by atoms with Crippen LogP contribution < -0.4 is 5.32 Å². The van der Waals surface area contributed by atoms with Gasteiger partial charge in [-0.15, -0.1) is 10.2 Å². The molecule has 1 heterocycles. The Balaban J connectivity index is 2.04. The highest BCUT2D eigenvalue weighted by molar-refractivity contribution is 7.13. The lowest BCUT2D eigenvalue weighted by molar-refractivity contribution is 0.567. The van der Waals surface area contributed by atoms with Gasteiger partial charge in [0.1, 0.15) is 5.51 Å². The van der Waals surface area contributed by atoms with E-state index in [-0.39, 0.29) is 0 Å². The minimum atomic E-state index is 0.793. The zero-order valence-corrected chi connectivity index (χ0v) is 8.40. The third-order valence-corrected chi connectivity index (χ3v) is 2.24. The molecule has 3 nitrogen and oxygen atoms in total. The van der Waals surface area contributed by atoms with Crippen LogP contribution in [0.2, 0.25) is 0 Å². The molecule has 0 aliphatic rings. The molecule has 0 aromatic carbocycles. The van der Waals surface area contributed by atoms with E-state index >= 15 is 0 Å². The van der Waals surface area contributed by atoms with E-state index in [2.05, 4.69) is 29.4 Å². The van der Waals surface area contributed by atoms with E-state index in [0.29, 0.717) is 0 Å². The number of nitrogens with zero attached hydrogens (tertiary/aromatic N) is 2. The average Bonchev–Trinajstić information content (AvgIpc) is 2.49. The molecule has 1 rings (SSSR count). The lowest BCUT2D eigenvalue weighted by Crippen LogP contribution is -2.02. The zero-order chi connectivity index (χ0) is 8.81. The summed E-state index contributed by atoms with van der Waals surface area (Å²) in [4.78, 5) is 0. The second-order valence-corrected chi connectivity index (χ2v) is 4.04. The molecule has 0 bridgehead atoms. The highest BCUT2D eigenvalue weighted by Crippen LogP contribution is 2.09. The molecule has 12 heavy (non-hydrogen) atoms. The van der Waals surface area contributed by atoms with E-state index in [1.807, 2.05) is 0 Å². The molecule has 4 heteroatoms. The van der Waals surface area contributed by atoms with Crippen LogP contribution in [0.25, 0.3) is 0 Å². The molecule has 0 spiro atoms. The predicted molar refractivity (Wildman–Crippen MR) is 52.5 cm³/mol. The van der Waals surface area contributed by atoms with Crippen molar-refractivity contribution >= 4 is 16.5 Å². The van der Waals surface area contributed by atoms with Crippen LogP contribution in [0.3, 0.4) is 0 Å². The minimum absolute atomic E-state index is 0.793. The summed E-state index contributed by atoms with van der Waals surface area (Å²) >= 11 is 1.55. The molecular weight excluding hydrogens is 170 g/mol. The van der Waals surface area contributed by atoms with Crippen molar-refractivity contribution in [3.05, 3.63) is 5.51 Å². The van der Waals surface area contributed by atoms with Gasteiger partial charge in [-0.25, -0.2) is 0 Å². The minimum Gasteiger partial charge on any atom is -0.360 e. The van der Waals surface area contributed by atoms with Gasteiger partial charge in [-0.1, -0.05) is 25.2 Å². The molecule has 68 valence electrons. The first kappa shape index (κ1) is 9.45. The number of hydrogen-bond donors (Lipinski definition) is 1. The van der Waals surface area contributed by atoms with Crippen LogP contribution in [0.4, 0.5) is 5.13 Å². The number of nitrogens with one attached hydrogen (secondary N) is 1. The molecule has 1 aromatic rings. The second-order valence-electron chi connectivity index (χ2n) is 3.21. The fraction of sp³-hybridized carbons (Fsp3) is 0.750. The number of hydrogen-bond acceptors (Lipinski definition) is 4. The Bertz CT molecular complexity index is 196. The van der Waals surface area contributed by atoms with Crippen molar-refractivity contribution in [1.29, 1.82) is 0 Å². The summed E-state index contributed by atoms with van der Waals surface area (Å²) < 4.78 is 0. The van der Waals surface area contributed by atoms with Crippen molar-refractivity contribution in [2.45, 2.75) is 26.7 Å². The number of anilines is 1. The Morgan fingerprint density at radius 1 is 1.58 bits per heavy atom. The van der Waals surface area contributed by atoms with E-state index in [1.165, 1.54) is 12.8 Å². The highest BCUT2D eigenvalue weighted by atomic mass is 32.1. The third kappa shape index (κ3) is 3.67. The van der Waals surface area contributed by atoms with Crippen LogP contribution in [0.1, 0.15) is 26.7 Å². The van der Waals surface area contributed by atoms with Crippen LogP contribution in [0, 0.1) is 5.92 Å². The van der Waals surface area contributed by atoms with E-state index in [0.717, 1.165) is 17.6 Å². The molecule has 1 aromatic heterocycles. The number of rotatable bonds is 5. The molecule has 0 aliphatic heterocycles. The standard InChI is InChI=1S/C8H15N3S/c1-7(2)4-3-5-9-8-11-10-6-12-8/h6-7H,3-5H2,1-2H3,(H,9,11). The maximum absolute atomic E-state index is 3.89. The first-order valence-corrected chi connectivity index (χ1v) is 5.17. The lowest BCUT2D eigenvalue weighted by atomic mass is 10.1. The maximum atomic E-state index is 3.89. The van der Waals surface area contributed by atoms with Crippen molar-refractivity contribution in [3.8, 4) is 0 Å². The monoisotopic (exact) mass is 185 g/mol. The Morgan fingerprint density at radius 2 is 2.42 bits per heavy atom. The van der Waals surface area contributed by atoms with Crippen LogP contribution in [0.15, 0.2) is 5.51 Å². The van der Waals surface area contributed by atoms with E-state index in [1.54, 1.807) is 16.8 Å². The van der Waals surface area contributed by atoms with Crippen molar-refractivity contribution in [3.63, 3.8) is 0 Å². The van der Waals surface area contributed by atoms with Crippen LogP contribution in [-0.4, -0.2) is 16.7 Å². The molecule has 0 amide bonds. The fourth-order valence-corrected chi connectivity index (χ4v) is 1.43. The molecule has 0 radical (unpaired) electrons. The lowest BCUT2D eigenvalue weighted by Gasteiger charge is -2.03. The molecule has 0 saturated heterocycles. The van der Waals surface area contributed by atoms with Crippen LogP contribution in [-0.2, 0) is 0 Å². The van der Waals surface area contributed by atoms with E-state index in [9.17, 15) is 0 Å². The smallest absolute Gasteiger partial charge is 0.205 e. The van der Waals surface area contributed by atoms with Gasteiger partial charge >= 0.3 is 0 Å². The normalized spacial score (nSPS) is 10.6. The zero-order valence-electron chi connectivity index (χ0n) is 7.58. The van der Waals surface area contributed by atoms with Crippen molar-refractivity contribution in [1.82, 2.24) is 10.2 Å². The van der Waals surface area contributed by atoms with Gasteiger partial charge in [-0.3, -0.25) is 0 Å². The summed E-state index contributed by atoms with van der Waals surface area (Å²) in [6.45, 7) is 5.49. The third-order valence-electron chi connectivity index (χ3n) is 1.59. The van der Waals surface area contributed by atoms with Gasteiger partial charge in [0.05, 0.1) is 0 Å². The predicted octanol–water partition coefficient (Wildman–Crippen LogP) is 2.39. The van der Waals surface area contributed by atoms with Gasteiger partial charge in [0.15, 0.2) is 0 Å². The molecule has 0 saturated carbocycles. The van der Waals surface area contributed by atoms with Crippen molar-refractivity contribution < 1.29 is 0 Å². The Labute approximate surface area is 77.2 Å². The summed E-state index contributed by atoms with van der Waals surface area (Å²) in [5.74, 6) is 0.793. The Kier molecular flexibility index (Phi) is 4.00. The number of aromatic nitrogens is 2. The fourth-order valence-electron chi connectivity index (χ4n) is 0.956. The van der Waals surface area contributed by atoms with Gasteiger partial charge in [-0.2, -0.15) is 0 Å². The van der Waals surface area contributed by atoms with E-state index in [4.69, 9.17) is 0 Å². The van der Waals surface area contributed by atoms with Gasteiger partial charge in [-0.05, 0) is 18.8 Å². The van der Waals surface area contributed by atoms with Crippen molar-refractivity contribution in [2.24, 2.45) is 5.92 Å². The van der Waals surface area contributed by atoms with Crippen molar-refractivity contribution in [2.75, 3.05) is 11.9 Å². The molecule has 0 atom stereocenters. The first-order valence-electron chi connectivity index (χ1n) is 4.29. The second kappa shape index (κ2) is 5.09. The maximum Gasteiger partial charge on any atom is 0.205 e. The van der Waals surface area contributed by atoms with Gasteiger partial charge < -0.3 is 5.32 Å². The Hall–Kier alpha value is -0.640. The summed E-state index contributed by atoms with van der Waals surface area (Å²) in [5.41, 5.74) is 1.74. The summed E-state index contributed by atoms with van der Waals surface area (Å²) in [6, 6.07) is 0. The molecule has 0 aliphatic carbocycles. The van der Waals surface area contributed by atoms with Crippen LogP contribution in [0.5, 0.6) is 0 Å². The topological polar surface area (TPSA) is 37.8 Å². The molecule has 0 unspecified atom stereocenters. The van der Waals surface area contributed by atoms with Gasteiger partial charge in [0.2, 0.25) is 5.13 Å². The van der Waals surface area contributed by atoms with Crippen LogP contribution >= 0.6 is 11.3 Å². The average molecular weight is 185 g/mol. The first-order chi connectivity index (χ1) is 5.79. The summed E-state index contributed by atoms with van der Waals surface area (Å²) in [7, 11) is 0. The van der Waals surface area contributed by atoms with Gasteiger partial charge in [0.25, 0.3) is 0 Å². The molecule has 1 N–H and O–H groups in total.